The van der Waals surface area contributed by atoms with Gasteiger partial charge in [-0.1, -0.05) is 147 Å². The average Bonchev–Trinajstić information content (AvgIpc) is 3.79. The first-order valence-electron chi connectivity index (χ1n) is 18.3. The van der Waals surface area contributed by atoms with Gasteiger partial charge < -0.3 is 4.42 Å². The summed E-state index contributed by atoms with van der Waals surface area (Å²) < 4.78 is 9.12. The van der Waals surface area contributed by atoms with Crippen LogP contribution >= 0.6 is 11.3 Å². The highest BCUT2D eigenvalue weighted by atomic mass is 32.1. The number of rotatable bonds is 5. The number of hydrogen-bond acceptors (Lipinski definition) is 2. The molecular formula is C52H32OS. The zero-order chi connectivity index (χ0) is 35.9. The fourth-order valence-electron chi connectivity index (χ4n) is 8.64. The SMILES string of the molecule is C=C/C=C\C(=C)c1ccc2cc(-c3c4ccccc4c(-c4ccc5c(c4)sc4ccc6ccc7c8ccccc8oc7c6c45)c4ccccc34)ccc2c1. The van der Waals surface area contributed by atoms with E-state index in [0.717, 1.165) is 27.7 Å². The molecule has 2 aromatic heterocycles. The Morgan fingerprint density at radius 1 is 0.500 bits per heavy atom. The number of para-hydroxylation sites is 1. The predicted octanol–water partition coefficient (Wildman–Crippen LogP) is 15.7. The molecule has 0 aliphatic carbocycles. The Kier molecular flexibility index (Phi) is 6.79. The topological polar surface area (TPSA) is 13.1 Å². The molecule has 2 heteroatoms. The van der Waals surface area contributed by atoms with Gasteiger partial charge in [0.05, 0.1) is 0 Å². The van der Waals surface area contributed by atoms with Crippen molar-refractivity contribution in [1.29, 1.82) is 0 Å². The van der Waals surface area contributed by atoms with Crippen LogP contribution in [0.25, 0.3) is 113 Å². The van der Waals surface area contributed by atoms with Gasteiger partial charge in [0.15, 0.2) is 0 Å². The van der Waals surface area contributed by atoms with E-state index in [1.54, 1.807) is 6.08 Å². The standard InChI is InChI=1S/C52H32OS/c1-3-4-11-31(2)33-18-19-35-29-36(21-20-34(35)28-33)48-39-13-5-7-15-41(39)49(42-16-8-6-14-40(42)48)37-23-26-44-47(30-37)54-46-27-24-32-22-25-43-38-12-9-10-17-45(38)53-52(43)50(32)51(44)46/h3-30H,1-2H2/b11-4-. The zero-order valence-electron chi connectivity index (χ0n) is 29.4. The summed E-state index contributed by atoms with van der Waals surface area (Å²) in [5.74, 6) is 0. The molecule has 9 aromatic carbocycles. The minimum absolute atomic E-state index is 0.928. The molecule has 0 bridgehead atoms. The van der Waals surface area contributed by atoms with Crippen LogP contribution < -0.4 is 0 Å². The number of benzene rings is 9. The fraction of sp³-hybridized carbons (Fsp3) is 0. The van der Waals surface area contributed by atoms with Crippen molar-refractivity contribution in [3.8, 4) is 22.3 Å². The molecule has 11 aromatic rings. The number of hydrogen-bond donors (Lipinski definition) is 0. The second-order valence-corrected chi connectivity index (χ2v) is 15.2. The summed E-state index contributed by atoms with van der Waals surface area (Å²) in [4.78, 5) is 0. The quantitative estimate of drug-likeness (QED) is 0.128. The van der Waals surface area contributed by atoms with Gasteiger partial charge >= 0.3 is 0 Å². The van der Waals surface area contributed by atoms with Crippen LogP contribution in [0.15, 0.2) is 187 Å². The molecule has 0 atom stereocenters. The fourth-order valence-corrected chi connectivity index (χ4v) is 9.80. The van der Waals surface area contributed by atoms with E-state index in [1.807, 2.05) is 29.6 Å². The third-order valence-corrected chi connectivity index (χ3v) is 12.2. The van der Waals surface area contributed by atoms with Crippen molar-refractivity contribution in [3.63, 3.8) is 0 Å². The molecule has 0 spiro atoms. The van der Waals surface area contributed by atoms with Crippen LogP contribution in [-0.4, -0.2) is 0 Å². The lowest BCUT2D eigenvalue weighted by atomic mass is 9.85. The molecule has 0 unspecified atom stereocenters. The van der Waals surface area contributed by atoms with Gasteiger partial charge in [0.25, 0.3) is 0 Å². The second kappa shape index (κ2) is 11.9. The third-order valence-electron chi connectivity index (χ3n) is 11.1. The minimum Gasteiger partial charge on any atom is -0.455 e. The van der Waals surface area contributed by atoms with E-state index in [4.69, 9.17) is 4.42 Å². The van der Waals surface area contributed by atoms with Crippen molar-refractivity contribution in [1.82, 2.24) is 0 Å². The lowest BCUT2D eigenvalue weighted by Gasteiger charge is -2.18. The molecule has 0 saturated carbocycles. The molecule has 0 fully saturated rings. The Morgan fingerprint density at radius 2 is 1.09 bits per heavy atom. The first-order valence-corrected chi connectivity index (χ1v) is 19.1. The Labute approximate surface area is 316 Å². The van der Waals surface area contributed by atoms with Crippen molar-refractivity contribution in [3.05, 3.63) is 189 Å². The summed E-state index contributed by atoms with van der Waals surface area (Å²) >= 11 is 1.86. The Balaban J connectivity index is 1.12. The molecule has 252 valence electrons. The molecule has 0 radical (unpaired) electrons. The molecule has 0 aliphatic rings. The van der Waals surface area contributed by atoms with Gasteiger partial charge in [-0.2, -0.15) is 0 Å². The lowest BCUT2D eigenvalue weighted by molar-refractivity contribution is 0.673. The summed E-state index contributed by atoms with van der Waals surface area (Å²) in [5.41, 5.74) is 8.95. The summed E-state index contributed by atoms with van der Waals surface area (Å²) in [5, 5.41) is 14.7. The highest BCUT2D eigenvalue weighted by Crippen LogP contribution is 2.47. The summed E-state index contributed by atoms with van der Waals surface area (Å²) in [7, 11) is 0. The van der Waals surface area contributed by atoms with Crippen LogP contribution in [0.5, 0.6) is 0 Å². The van der Waals surface area contributed by atoms with Crippen molar-refractivity contribution < 1.29 is 4.42 Å². The van der Waals surface area contributed by atoms with Gasteiger partial charge in [-0.3, -0.25) is 0 Å². The molecule has 0 aliphatic heterocycles. The smallest absolute Gasteiger partial charge is 0.143 e. The largest absolute Gasteiger partial charge is 0.455 e. The Bertz CT molecular complexity index is 3370. The van der Waals surface area contributed by atoms with Crippen LogP contribution in [0.2, 0.25) is 0 Å². The Hall–Kier alpha value is -6.74. The molecule has 1 nitrogen and oxygen atoms in total. The van der Waals surface area contributed by atoms with Crippen molar-refractivity contribution in [2.24, 2.45) is 0 Å². The van der Waals surface area contributed by atoms with Crippen LogP contribution in [0.3, 0.4) is 0 Å². The van der Waals surface area contributed by atoms with Gasteiger partial charge in [-0.15, -0.1) is 11.3 Å². The number of fused-ring (bicyclic) bond motifs is 12. The van der Waals surface area contributed by atoms with Crippen LogP contribution in [0, 0.1) is 0 Å². The van der Waals surface area contributed by atoms with Crippen molar-refractivity contribution >= 4 is 102 Å². The Morgan fingerprint density at radius 3 is 1.83 bits per heavy atom. The van der Waals surface area contributed by atoms with Crippen LogP contribution in [0.1, 0.15) is 5.56 Å². The lowest BCUT2D eigenvalue weighted by Crippen LogP contribution is -1.91. The van der Waals surface area contributed by atoms with E-state index in [-0.39, 0.29) is 0 Å². The highest BCUT2D eigenvalue weighted by molar-refractivity contribution is 7.26. The van der Waals surface area contributed by atoms with E-state index >= 15 is 0 Å². The normalized spacial score (nSPS) is 12.1. The highest BCUT2D eigenvalue weighted by Gasteiger charge is 2.20. The number of thiophene rings is 1. The van der Waals surface area contributed by atoms with Crippen LogP contribution in [0.4, 0.5) is 0 Å². The molecule has 0 amide bonds. The van der Waals surface area contributed by atoms with Gasteiger partial charge in [0.2, 0.25) is 0 Å². The van der Waals surface area contributed by atoms with E-state index in [1.165, 1.54) is 90.9 Å². The second-order valence-electron chi connectivity index (χ2n) is 14.1. The van der Waals surface area contributed by atoms with Gasteiger partial charge in [0, 0.05) is 36.3 Å². The summed E-state index contributed by atoms with van der Waals surface area (Å²) in [6, 6.07) is 55.6. The predicted molar refractivity (Wildman–Crippen MR) is 236 cm³/mol. The van der Waals surface area contributed by atoms with E-state index < -0.39 is 0 Å². The number of furan rings is 1. The van der Waals surface area contributed by atoms with Gasteiger partial charge in [-0.25, -0.2) is 0 Å². The van der Waals surface area contributed by atoms with Gasteiger partial charge in [0.1, 0.15) is 11.2 Å². The maximum Gasteiger partial charge on any atom is 0.143 e. The molecular weight excluding hydrogens is 673 g/mol. The number of allylic oxidation sites excluding steroid dienone is 4. The minimum atomic E-state index is 0.928. The van der Waals surface area contributed by atoms with Crippen molar-refractivity contribution in [2.75, 3.05) is 0 Å². The molecule has 11 rings (SSSR count). The maximum absolute atomic E-state index is 6.58. The van der Waals surface area contributed by atoms with E-state index in [9.17, 15) is 0 Å². The van der Waals surface area contributed by atoms with E-state index in [2.05, 4.69) is 159 Å². The molecule has 0 N–H and O–H groups in total. The van der Waals surface area contributed by atoms with Gasteiger partial charge in [-0.05, 0) is 107 Å². The van der Waals surface area contributed by atoms with Crippen LogP contribution in [-0.2, 0) is 0 Å². The average molecular weight is 705 g/mol. The monoisotopic (exact) mass is 704 g/mol. The summed E-state index contributed by atoms with van der Waals surface area (Å²) in [6.07, 6.45) is 5.71. The molecule has 54 heavy (non-hydrogen) atoms. The first kappa shape index (κ1) is 30.8. The zero-order valence-corrected chi connectivity index (χ0v) is 30.2. The van der Waals surface area contributed by atoms with Crippen molar-refractivity contribution in [2.45, 2.75) is 0 Å². The van der Waals surface area contributed by atoms with E-state index in [0.29, 0.717) is 0 Å². The maximum atomic E-state index is 6.58. The summed E-state index contributed by atoms with van der Waals surface area (Å²) in [6.45, 7) is 8.05. The third kappa shape index (κ3) is 4.57. The molecule has 0 saturated heterocycles. The molecule has 2 heterocycles. The first-order chi connectivity index (χ1) is 26.6.